The normalized spacial score (nSPS) is 16.4. The van der Waals surface area contributed by atoms with E-state index in [0.717, 1.165) is 36.0 Å². The number of aromatic nitrogens is 2. The quantitative estimate of drug-likeness (QED) is 0.679. The van der Waals surface area contributed by atoms with Gasteiger partial charge in [-0.05, 0) is 43.9 Å². The summed E-state index contributed by atoms with van der Waals surface area (Å²) in [7, 11) is 1.64. The summed E-state index contributed by atoms with van der Waals surface area (Å²) in [5.74, 6) is 0.982. The molecule has 6 heteroatoms. The Morgan fingerprint density at radius 1 is 1.25 bits per heavy atom. The predicted molar refractivity (Wildman–Crippen MR) is 108 cm³/mol. The number of hydrogen-bond donors (Lipinski definition) is 2. The molecule has 1 aliphatic carbocycles. The highest BCUT2D eigenvalue weighted by Crippen LogP contribution is 2.40. The molecule has 146 valence electrons. The van der Waals surface area contributed by atoms with Crippen molar-refractivity contribution in [3.8, 4) is 5.75 Å². The van der Waals surface area contributed by atoms with Crippen molar-refractivity contribution >= 4 is 22.9 Å². The van der Waals surface area contributed by atoms with Crippen LogP contribution in [-0.2, 0) is 10.4 Å². The molecule has 2 aromatic carbocycles. The summed E-state index contributed by atoms with van der Waals surface area (Å²) >= 11 is 0. The first-order chi connectivity index (χ1) is 13.5. The second kappa shape index (κ2) is 7.28. The number of carbonyl (C=O) groups is 1. The zero-order valence-corrected chi connectivity index (χ0v) is 16.2. The molecule has 0 spiro atoms. The lowest BCUT2D eigenvalue weighted by molar-refractivity contribution is -0.120. The van der Waals surface area contributed by atoms with Crippen LogP contribution in [0.2, 0.25) is 0 Å². The van der Waals surface area contributed by atoms with Crippen LogP contribution in [0.1, 0.15) is 44.2 Å². The minimum absolute atomic E-state index is 0.0536. The number of benzene rings is 2. The number of imidazole rings is 1. The average Bonchev–Trinajstić information content (AvgIpc) is 2.98. The third-order valence-corrected chi connectivity index (χ3v) is 5.48. The molecule has 0 radical (unpaired) electrons. The molecule has 2 N–H and O–H groups in total. The Kier molecular flexibility index (Phi) is 4.81. The number of amides is 1. The van der Waals surface area contributed by atoms with E-state index in [1.54, 1.807) is 14.0 Å². The van der Waals surface area contributed by atoms with Crippen LogP contribution in [0, 0.1) is 0 Å². The number of methoxy groups -OCH3 is 1. The van der Waals surface area contributed by atoms with Gasteiger partial charge < -0.3 is 14.4 Å². The first-order valence-electron chi connectivity index (χ1n) is 9.62. The zero-order valence-electron chi connectivity index (χ0n) is 16.2. The summed E-state index contributed by atoms with van der Waals surface area (Å²) in [6.07, 6.45) is 3.21. The van der Waals surface area contributed by atoms with Gasteiger partial charge in [0.15, 0.2) is 0 Å². The molecule has 1 saturated carbocycles. The zero-order chi connectivity index (χ0) is 19.7. The van der Waals surface area contributed by atoms with Crippen LogP contribution in [-0.4, -0.2) is 27.7 Å². The topological polar surface area (TPSA) is 76.4 Å². The Morgan fingerprint density at radius 2 is 2.00 bits per heavy atom. The third kappa shape index (κ3) is 3.36. The molecule has 0 bridgehead atoms. The summed E-state index contributed by atoms with van der Waals surface area (Å²) in [5.41, 5.74) is 1.14. The molecule has 1 aliphatic rings. The van der Waals surface area contributed by atoms with Crippen molar-refractivity contribution in [3.63, 3.8) is 0 Å². The largest absolute Gasteiger partial charge is 0.494 e. The van der Waals surface area contributed by atoms with Crippen molar-refractivity contribution in [2.45, 2.75) is 44.2 Å². The summed E-state index contributed by atoms with van der Waals surface area (Å²) in [5, 5.41) is 13.7. The van der Waals surface area contributed by atoms with E-state index in [9.17, 15) is 9.90 Å². The standard InChI is InChI=1S/C22H25N3O3/c1-22(27,15-8-4-3-5-9-15)14-19(26)24-21-23-17-12-7-13-18(28-2)20(17)25(21)16-10-6-11-16/h3-5,7-9,12-13,16,27H,6,10-11,14H2,1-2H3,(H,23,24,26). The van der Waals surface area contributed by atoms with E-state index in [1.807, 2.05) is 48.5 Å². The van der Waals surface area contributed by atoms with Gasteiger partial charge in [-0.15, -0.1) is 0 Å². The molecular weight excluding hydrogens is 354 g/mol. The van der Waals surface area contributed by atoms with Gasteiger partial charge in [0.2, 0.25) is 11.9 Å². The highest BCUT2D eigenvalue weighted by atomic mass is 16.5. The van der Waals surface area contributed by atoms with E-state index in [2.05, 4.69) is 14.9 Å². The Bertz CT molecular complexity index is 991. The molecule has 4 rings (SSSR count). The van der Waals surface area contributed by atoms with Crippen molar-refractivity contribution in [1.82, 2.24) is 9.55 Å². The van der Waals surface area contributed by atoms with Gasteiger partial charge in [-0.2, -0.15) is 0 Å². The number of fused-ring (bicyclic) bond motifs is 1. The van der Waals surface area contributed by atoms with E-state index >= 15 is 0 Å². The molecule has 6 nitrogen and oxygen atoms in total. The lowest BCUT2D eigenvalue weighted by atomic mass is 9.92. The summed E-state index contributed by atoms with van der Waals surface area (Å²) < 4.78 is 7.61. The highest BCUT2D eigenvalue weighted by molar-refractivity contribution is 5.93. The van der Waals surface area contributed by atoms with E-state index in [4.69, 9.17) is 4.74 Å². The first kappa shape index (κ1) is 18.5. The van der Waals surface area contributed by atoms with Gasteiger partial charge in [-0.25, -0.2) is 4.98 Å². The van der Waals surface area contributed by atoms with Crippen LogP contribution in [0.4, 0.5) is 5.95 Å². The van der Waals surface area contributed by atoms with Gasteiger partial charge in [-0.1, -0.05) is 36.4 Å². The summed E-state index contributed by atoms with van der Waals surface area (Å²) in [6, 6.07) is 15.2. The molecule has 1 heterocycles. The van der Waals surface area contributed by atoms with Gasteiger partial charge in [0.1, 0.15) is 11.3 Å². The van der Waals surface area contributed by atoms with E-state index < -0.39 is 5.60 Å². The lowest BCUT2D eigenvalue weighted by Crippen LogP contribution is -2.30. The Morgan fingerprint density at radius 3 is 2.64 bits per heavy atom. The predicted octanol–water partition coefficient (Wildman–Crippen LogP) is 4.01. The van der Waals surface area contributed by atoms with Gasteiger partial charge in [-0.3, -0.25) is 10.1 Å². The number of ether oxygens (including phenoxy) is 1. The number of para-hydroxylation sites is 1. The Hall–Kier alpha value is -2.86. The van der Waals surface area contributed by atoms with E-state index in [1.165, 1.54) is 0 Å². The van der Waals surface area contributed by atoms with E-state index in [0.29, 0.717) is 17.6 Å². The maximum Gasteiger partial charge on any atom is 0.229 e. The first-order valence-corrected chi connectivity index (χ1v) is 9.62. The number of nitrogens with one attached hydrogen (secondary N) is 1. The molecular formula is C22H25N3O3. The second-order valence-corrected chi connectivity index (χ2v) is 7.58. The van der Waals surface area contributed by atoms with Crippen LogP contribution in [0.3, 0.4) is 0 Å². The number of aliphatic hydroxyl groups is 1. The molecule has 1 aromatic heterocycles. The maximum atomic E-state index is 12.8. The van der Waals surface area contributed by atoms with Crippen LogP contribution >= 0.6 is 0 Å². The highest BCUT2D eigenvalue weighted by Gasteiger charge is 2.30. The molecule has 28 heavy (non-hydrogen) atoms. The number of nitrogens with zero attached hydrogens (tertiary/aromatic N) is 2. The SMILES string of the molecule is COc1cccc2nc(NC(=O)CC(C)(O)c3ccccc3)n(C3CCC3)c12. The van der Waals surface area contributed by atoms with Crippen LogP contribution < -0.4 is 10.1 Å². The fraction of sp³-hybridized carbons (Fsp3) is 0.364. The molecule has 1 atom stereocenters. The second-order valence-electron chi connectivity index (χ2n) is 7.58. The van der Waals surface area contributed by atoms with Gasteiger partial charge >= 0.3 is 0 Å². The fourth-order valence-electron chi connectivity index (χ4n) is 3.75. The molecule has 1 unspecified atom stereocenters. The number of carbonyl (C=O) groups excluding carboxylic acids is 1. The molecule has 0 saturated heterocycles. The number of hydrogen-bond acceptors (Lipinski definition) is 4. The summed E-state index contributed by atoms with van der Waals surface area (Å²) in [6.45, 7) is 1.65. The molecule has 1 amide bonds. The van der Waals surface area contributed by atoms with Crippen molar-refractivity contribution in [2.24, 2.45) is 0 Å². The monoisotopic (exact) mass is 379 g/mol. The van der Waals surface area contributed by atoms with Crippen LogP contribution in [0.5, 0.6) is 5.75 Å². The van der Waals surface area contributed by atoms with Crippen molar-refractivity contribution in [2.75, 3.05) is 12.4 Å². The lowest BCUT2D eigenvalue weighted by Gasteiger charge is -2.29. The Labute approximate surface area is 164 Å². The molecule has 1 fully saturated rings. The van der Waals surface area contributed by atoms with Crippen LogP contribution in [0.25, 0.3) is 11.0 Å². The number of rotatable bonds is 6. The van der Waals surface area contributed by atoms with Gasteiger partial charge in [0.25, 0.3) is 0 Å². The molecule has 0 aliphatic heterocycles. The van der Waals surface area contributed by atoms with E-state index in [-0.39, 0.29) is 12.3 Å². The number of anilines is 1. The minimum atomic E-state index is -1.25. The van der Waals surface area contributed by atoms with Gasteiger partial charge in [0, 0.05) is 6.04 Å². The van der Waals surface area contributed by atoms with Gasteiger partial charge in [0.05, 0.1) is 24.6 Å². The maximum absolute atomic E-state index is 12.8. The van der Waals surface area contributed by atoms with Crippen molar-refractivity contribution < 1.29 is 14.6 Å². The van der Waals surface area contributed by atoms with Crippen molar-refractivity contribution in [1.29, 1.82) is 0 Å². The Balaban J connectivity index is 1.63. The fourth-order valence-corrected chi connectivity index (χ4v) is 3.75. The summed E-state index contributed by atoms with van der Waals surface area (Å²) in [4.78, 5) is 17.4. The third-order valence-electron chi connectivity index (χ3n) is 5.48. The minimum Gasteiger partial charge on any atom is -0.494 e. The van der Waals surface area contributed by atoms with Crippen molar-refractivity contribution in [3.05, 3.63) is 54.1 Å². The average molecular weight is 379 g/mol. The molecule has 3 aromatic rings. The van der Waals surface area contributed by atoms with Crippen LogP contribution in [0.15, 0.2) is 48.5 Å². The smallest absolute Gasteiger partial charge is 0.229 e.